The minimum absolute atomic E-state index is 0.144. The lowest BCUT2D eigenvalue weighted by Gasteiger charge is -2.19. The maximum atomic E-state index is 12.6. The molecule has 9 heteroatoms. The zero-order chi connectivity index (χ0) is 20.2. The maximum absolute atomic E-state index is 12.6. The van der Waals surface area contributed by atoms with Crippen molar-refractivity contribution in [3.05, 3.63) is 52.5 Å². The highest BCUT2D eigenvalue weighted by molar-refractivity contribution is 7.92. The van der Waals surface area contributed by atoms with Crippen molar-refractivity contribution in [2.45, 2.75) is 6.54 Å². The molecule has 0 fully saturated rings. The van der Waals surface area contributed by atoms with E-state index in [1.165, 1.54) is 23.1 Å². The summed E-state index contributed by atoms with van der Waals surface area (Å²) in [6.07, 6.45) is 1.03. The number of hydrogen-bond donors (Lipinski definition) is 1. The molecular formula is C18H21ClN2O5S. The Bertz CT molecular complexity index is 947. The van der Waals surface area contributed by atoms with Crippen LogP contribution in [0.5, 0.6) is 11.5 Å². The number of ether oxygens (including phenoxy) is 2. The molecule has 2 aromatic rings. The molecule has 0 saturated heterocycles. The van der Waals surface area contributed by atoms with E-state index in [9.17, 15) is 13.2 Å². The molecular weight excluding hydrogens is 392 g/mol. The lowest BCUT2D eigenvalue weighted by molar-refractivity contribution is 0.0785. The number of halogens is 1. The second-order valence-corrected chi connectivity index (χ2v) is 8.08. The zero-order valence-corrected chi connectivity index (χ0v) is 17.0. The molecule has 1 N–H and O–H groups in total. The number of rotatable bonds is 7. The van der Waals surface area contributed by atoms with Gasteiger partial charge in [-0.1, -0.05) is 17.7 Å². The first kappa shape index (κ1) is 20.9. The molecule has 0 aliphatic heterocycles. The van der Waals surface area contributed by atoms with Gasteiger partial charge in [-0.3, -0.25) is 9.52 Å². The summed E-state index contributed by atoms with van der Waals surface area (Å²) in [6, 6.07) is 9.83. The number of anilines is 1. The predicted octanol–water partition coefficient (Wildman–Crippen LogP) is 3.00. The summed E-state index contributed by atoms with van der Waals surface area (Å²) < 4.78 is 35.4. The normalized spacial score (nSPS) is 11.0. The third-order valence-electron chi connectivity index (χ3n) is 3.73. The predicted molar refractivity (Wildman–Crippen MR) is 105 cm³/mol. The fraction of sp³-hybridized carbons (Fsp3) is 0.278. The van der Waals surface area contributed by atoms with Gasteiger partial charge in [0.2, 0.25) is 10.0 Å². The van der Waals surface area contributed by atoms with Crippen LogP contribution in [0.1, 0.15) is 15.9 Å². The van der Waals surface area contributed by atoms with Gasteiger partial charge in [0.1, 0.15) is 0 Å². The van der Waals surface area contributed by atoms with Crippen LogP contribution >= 0.6 is 11.6 Å². The van der Waals surface area contributed by atoms with Gasteiger partial charge in [-0.05, 0) is 35.9 Å². The number of sulfonamides is 1. The van der Waals surface area contributed by atoms with Crippen LogP contribution in [0, 0.1) is 0 Å². The van der Waals surface area contributed by atoms with E-state index in [0.717, 1.165) is 11.8 Å². The number of carbonyl (C=O) groups is 1. The molecule has 146 valence electrons. The standard InChI is InChI=1S/C18H21ClN2O5S/c1-21(11-12-5-8-16(25-2)17(9-12)26-3)18(22)13-6-7-15(14(19)10-13)20-27(4,23)24/h5-10,20H,11H2,1-4H3. The maximum Gasteiger partial charge on any atom is 0.253 e. The van der Waals surface area contributed by atoms with Gasteiger partial charge in [-0.25, -0.2) is 8.42 Å². The van der Waals surface area contributed by atoms with Crippen molar-refractivity contribution >= 4 is 33.2 Å². The average molecular weight is 413 g/mol. The molecule has 0 heterocycles. The Kier molecular flexibility index (Phi) is 6.56. The van der Waals surface area contributed by atoms with Crippen molar-refractivity contribution in [2.75, 3.05) is 32.2 Å². The summed E-state index contributed by atoms with van der Waals surface area (Å²) in [4.78, 5) is 14.2. The fourth-order valence-corrected chi connectivity index (χ4v) is 3.34. The molecule has 1 amide bonds. The highest BCUT2D eigenvalue weighted by Crippen LogP contribution is 2.28. The van der Waals surface area contributed by atoms with Crippen LogP contribution in [0.15, 0.2) is 36.4 Å². The highest BCUT2D eigenvalue weighted by atomic mass is 35.5. The van der Waals surface area contributed by atoms with Gasteiger partial charge in [0, 0.05) is 19.2 Å². The molecule has 2 aromatic carbocycles. The van der Waals surface area contributed by atoms with Gasteiger partial charge < -0.3 is 14.4 Å². The van der Waals surface area contributed by atoms with E-state index in [1.807, 2.05) is 6.07 Å². The van der Waals surface area contributed by atoms with Gasteiger partial charge in [-0.2, -0.15) is 0 Å². The molecule has 0 unspecified atom stereocenters. The number of nitrogens with zero attached hydrogens (tertiary/aromatic N) is 1. The summed E-state index contributed by atoms with van der Waals surface area (Å²) >= 11 is 6.09. The number of carbonyl (C=O) groups excluding carboxylic acids is 1. The van der Waals surface area contributed by atoms with Crippen LogP contribution in [0.4, 0.5) is 5.69 Å². The second-order valence-electron chi connectivity index (χ2n) is 5.92. The van der Waals surface area contributed by atoms with Crippen LogP contribution in [0.2, 0.25) is 5.02 Å². The molecule has 0 aromatic heterocycles. The molecule has 0 aliphatic carbocycles. The zero-order valence-electron chi connectivity index (χ0n) is 15.4. The third kappa shape index (κ3) is 5.51. The number of hydrogen-bond acceptors (Lipinski definition) is 5. The van der Waals surface area contributed by atoms with Crippen molar-refractivity contribution in [3.8, 4) is 11.5 Å². The van der Waals surface area contributed by atoms with E-state index in [2.05, 4.69) is 4.72 Å². The van der Waals surface area contributed by atoms with Crippen LogP contribution in [0.3, 0.4) is 0 Å². The van der Waals surface area contributed by atoms with E-state index < -0.39 is 10.0 Å². The molecule has 0 saturated carbocycles. The minimum atomic E-state index is -3.45. The lowest BCUT2D eigenvalue weighted by atomic mass is 10.1. The first-order chi connectivity index (χ1) is 12.6. The van der Waals surface area contributed by atoms with E-state index in [4.69, 9.17) is 21.1 Å². The Balaban J connectivity index is 2.16. The molecule has 0 aliphatic rings. The van der Waals surface area contributed by atoms with Gasteiger partial charge in [0.05, 0.1) is 31.2 Å². The topological polar surface area (TPSA) is 84.9 Å². The van der Waals surface area contributed by atoms with Crippen molar-refractivity contribution in [1.29, 1.82) is 0 Å². The monoisotopic (exact) mass is 412 g/mol. The molecule has 27 heavy (non-hydrogen) atoms. The van der Waals surface area contributed by atoms with E-state index in [-0.39, 0.29) is 16.6 Å². The minimum Gasteiger partial charge on any atom is -0.493 e. The summed E-state index contributed by atoms with van der Waals surface area (Å²) in [6.45, 7) is 0.347. The highest BCUT2D eigenvalue weighted by Gasteiger charge is 2.16. The van der Waals surface area contributed by atoms with Crippen LogP contribution in [-0.4, -0.2) is 46.7 Å². The van der Waals surface area contributed by atoms with Crippen molar-refractivity contribution in [2.24, 2.45) is 0 Å². The molecule has 0 atom stereocenters. The lowest BCUT2D eigenvalue weighted by Crippen LogP contribution is -2.26. The van der Waals surface area contributed by atoms with Gasteiger partial charge in [0.25, 0.3) is 5.91 Å². The summed E-state index contributed by atoms with van der Waals surface area (Å²) in [7, 11) is 1.31. The Labute approximate surface area is 163 Å². The van der Waals surface area contributed by atoms with Gasteiger partial charge in [-0.15, -0.1) is 0 Å². The Morgan fingerprint density at radius 3 is 2.33 bits per heavy atom. The number of methoxy groups -OCH3 is 2. The Morgan fingerprint density at radius 2 is 1.78 bits per heavy atom. The fourth-order valence-electron chi connectivity index (χ4n) is 2.48. The van der Waals surface area contributed by atoms with E-state index >= 15 is 0 Å². The molecule has 2 rings (SSSR count). The molecule has 0 radical (unpaired) electrons. The first-order valence-electron chi connectivity index (χ1n) is 7.88. The quantitative estimate of drug-likeness (QED) is 0.755. The molecule has 0 bridgehead atoms. The second kappa shape index (κ2) is 8.49. The van der Waals surface area contributed by atoms with Crippen LogP contribution < -0.4 is 14.2 Å². The van der Waals surface area contributed by atoms with E-state index in [1.54, 1.807) is 33.4 Å². The van der Waals surface area contributed by atoms with Crippen molar-refractivity contribution in [1.82, 2.24) is 4.90 Å². The molecule has 7 nitrogen and oxygen atoms in total. The van der Waals surface area contributed by atoms with Crippen molar-refractivity contribution in [3.63, 3.8) is 0 Å². The van der Waals surface area contributed by atoms with Crippen LogP contribution in [0.25, 0.3) is 0 Å². The average Bonchev–Trinajstić information content (AvgIpc) is 2.61. The summed E-state index contributed by atoms with van der Waals surface area (Å²) in [5, 5.41) is 0.144. The van der Waals surface area contributed by atoms with Gasteiger partial charge >= 0.3 is 0 Å². The smallest absolute Gasteiger partial charge is 0.253 e. The largest absolute Gasteiger partial charge is 0.493 e. The first-order valence-corrected chi connectivity index (χ1v) is 10.1. The SMILES string of the molecule is COc1ccc(CN(C)C(=O)c2ccc(NS(C)(=O)=O)c(Cl)c2)cc1OC. The third-order valence-corrected chi connectivity index (χ3v) is 4.63. The summed E-state index contributed by atoms with van der Waals surface area (Å²) in [5.74, 6) is 0.934. The van der Waals surface area contributed by atoms with E-state index in [0.29, 0.717) is 23.6 Å². The van der Waals surface area contributed by atoms with Crippen LogP contribution in [-0.2, 0) is 16.6 Å². The van der Waals surface area contributed by atoms with Gasteiger partial charge in [0.15, 0.2) is 11.5 Å². The Hall–Kier alpha value is -2.45. The van der Waals surface area contributed by atoms with Crippen molar-refractivity contribution < 1.29 is 22.7 Å². The number of benzene rings is 2. The molecule has 0 spiro atoms. The number of nitrogens with one attached hydrogen (secondary N) is 1. The summed E-state index contributed by atoms with van der Waals surface area (Å²) in [5.41, 5.74) is 1.44. The number of amides is 1. The Morgan fingerprint density at radius 1 is 1.11 bits per heavy atom.